The van der Waals surface area contributed by atoms with Crippen LogP contribution in [0, 0.1) is 0 Å². The monoisotopic (exact) mass is 390 g/mol. The van der Waals surface area contributed by atoms with Gasteiger partial charge in [-0.25, -0.2) is 5.43 Å². The quantitative estimate of drug-likeness (QED) is 0.355. The van der Waals surface area contributed by atoms with Crippen molar-refractivity contribution < 1.29 is 13.6 Å². The Balaban J connectivity index is 1.39. The SMILES string of the molecule is O=C(NN=Cc1ccc(-c2ccccc2)o1)c1ccc(-c2ccc(Cl)cc2)o1. The highest BCUT2D eigenvalue weighted by molar-refractivity contribution is 6.30. The number of nitrogens with zero attached hydrogens (tertiary/aromatic N) is 1. The van der Waals surface area contributed by atoms with Gasteiger partial charge in [-0.2, -0.15) is 5.10 Å². The van der Waals surface area contributed by atoms with E-state index in [9.17, 15) is 4.79 Å². The topological polar surface area (TPSA) is 67.7 Å². The molecule has 0 saturated carbocycles. The first-order chi connectivity index (χ1) is 13.7. The number of benzene rings is 2. The summed E-state index contributed by atoms with van der Waals surface area (Å²) < 4.78 is 11.3. The molecule has 0 unspecified atom stereocenters. The minimum atomic E-state index is -0.452. The molecule has 6 heteroatoms. The number of nitrogens with one attached hydrogen (secondary N) is 1. The molecule has 0 fully saturated rings. The van der Waals surface area contributed by atoms with Crippen LogP contribution in [0.5, 0.6) is 0 Å². The van der Waals surface area contributed by atoms with Gasteiger partial charge in [-0.05, 0) is 48.5 Å². The van der Waals surface area contributed by atoms with Crippen molar-refractivity contribution in [1.29, 1.82) is 0 Å². The molecule has 0 spiro atoms. The first kappa shape index (κ1) is 17.8. The molecule has 0 radical (unpaired) electrons. The molecule has 1 N–H and O–H groups in total. The van der Waals surface area contributed by atoms with E-state index in [0.717, 1.165) is 16.9 Å². The van der Waals surface area contributed by atoms with Crippen LogP contribution in [0.1, 0.15) is 16.3 Å². The van der Waals surface area contributed by atoms with Crippen molar-refractivity contribution in [3.63, 3.8) is 0 Å². The Morgan fingerprint density at radius 3 is 2.29 bits per heavy atom. The van der Waals surface area contributed by atoms with Crippen LogP contribution in [0.15, 0.2) is 92.8 Å². The maximum atomic E-state index is 12.2. The molecular weight excluding hydrogens is 376 g/mol. The van der Waals surface area contributed by atoms with Gasteiger partial charge in [-0.1, -0.05) is 41.9 Å². The Bertz CT molecular complexity index is 1110. The largest absolute Gasteiger partial charge is 0.455 e. The van der Waals surface area contributed by atoms with E-state index in [-0.39, 0.29) is 5.76 Å². The van der Waals surface area contributed by atoms with Gasteiger partial charge in [0.15, 0.2) is 5.76 Å². The van der Waals surface area contributed by atoms with Gasteiger partial charge in [0, 0.05) is 16.1 Å². The van der Waals surface area contributed by atoms with Gasteiger partial charge >= 0.3 is 5.91 Å². The number of furan rings is 2. The van der Waals surface area contributed by atoms with Crippen LogP contribution < -0.4 is 5.43 Å². The third kappa shape index (κ3) is 4.05. The number of hydrazone groups is 1. The van der Waals surface area contributed by atoms with Crippen molar-refractivity contribution in [2.75, 3.05) is 0 Å². The Hall–Kier alpha value is -3.57. The molecule has 0 aliphatic carbocycles. The van der Waals surface area contributed by atoms with Gasteiger partial charge in [0.1, 0.15) is 17.3 Å². The standard InChI is InChI=1S/C22H15ClN2O3/c23-17-8-6-16(7-9-17)20-12-13-21(28-20)22(26)25-24-14-18-10-11-19(27-18)15-4-2-1-3-5-15/h1-14H,(H,25,26). The van der Waals surface area contributed by atoms with Crippen molar-refractivity contribution in [3.8, 4) is 22.6 Å². The number of carbonyl (C=O) groups is 1. The van der Waals surface area contributed by atoms with Crippen LogP contribution in [0.25, 0.3) is 22.6 Å². The van der Waals surface area contributed by atoms with Crippen molar-refractivity contribution in [1.82, 2.24) is 5.43 Å². The van der Waals surface area contributed by atoms with Crippen molar-refractivity contribution in [3.05, 3.63) is 95.4 Å². The Labute approximate surface area is 166 Å². The van der Waals surface area contributed by atoms with E-state index >= 15 is 0 Å². The number of hydrogen-bond donors (Lipinski definition) is 1. The molecule has 138 valence electrons. The maximum absolute atomic E-state index is 12.2. The van der Waals surface area contributed by atoms with Gasteiger partial charge in [0.2, 0.25) is 0 Å². The first-order valence-electron chi connectivity index (χ1n) is 8.53. The fourth-order valence-electron chi connectivity index (χ4n) is 2.62. The predicted octanol–water partition coefficient (Wildman–Crippen LogP) is 5.62. The van der Waals surface area contributed by atoms with Crippen molar-refractivity contribution in [2.45, 2.75) is 0 Å². The number of carbonyl (C=O) groups excluding carboxylic acids is 1. The maximum Gasteiger partial charge on any atom is 0.307 e. The van der Waals surface area contributed by atoms with E-state index in [2.05, 4.69) is 10.5 Å². The highest BCUT2D eigenvalue weighted by Crippen LogP contribution is 2.24. The zero-order valence-electron chi connectivity index (χ0n) is 14.6. The summed E-state index contributed by atoms with van der Waals surface area (Å²) in [5.41, 5.74) is 4.22. The van der Waals surface area contributed by atoms with Gasteiger partial charge in [0.05, 0.1) is 6.21 Å². The minimum absolute atomic E-state index is 0.159. The molecule has 4 rings (SSSR count). The average molecular weight is 391 g/mol. The third-order valence-electron chi connectivity index (χ3n) is 4.00. The molecule has 2 aromatic heterocycles. The molecule has 0 atom stereocenters. The fourth-order valence-corrected chi connectivity index (χ4v) is 2.74. The minimum Gasteiger partial charge on any atom is -0.455 e. The molecule has 0 bridgehead atoms. The zero-order valence-corrected chi connectivity index (χ0v) is 15.4. The highest BCUT2D eigenvalue weighted by atomic mass is 35.5. The second kappa shape index (κ2) is 7.98. The summed E-state index contributed by atoms with van der Waals surface area (Å²) in [6, 6.07) is 23.8. The van der Waals surface area contributed by atoms with Crippen LogP contribution >= 0.6 is 11.6 Å². The lowest BCUT2D eigenvalue weighted by atomic mass is 10.2. The van der Waals surface area contributed by atoms with Crippen molar-refractivity contribution in [2.24, 2.45) is 5.10 Å². The molecule has 2 heterocycles. The number of rotatable bonds is 5. The smallest absolute Gasteiger partial charge is 0.307 e. The van der Waals surface area contributed by atoms with E-state index in [1.165, 1.54) is 6.21 Å². The molecule has 1 amide bonds. The van der Waals surface area contributed by atoms with Crippen LogP contribution in [-0.2, 0) is 0 Å². The Kier molecular flexibility index (Phi) is 5.08. The van der Waals surface area contributed by atoms with Gasteiger partial charge in [-0.15, -0.1) is 0 Å². The summed E-state index contributed by atoms with van der Waals surface area (Å²) >= 11 is 5.88. The molecule has 0 aliphatic rings. The summed E-state index contributed by atoms with van der Waals surface area (Å²) in [6.07, 6.45) is 1.44. The number of halogens is 1. The summed E-state index contributed by atoms with van der Waals surface area (Å²) in [6.45, 7) is 0. The molecule has 0 aliphatic heterocycles. The number of amides is 1. The summed E-state index contributed by atoms with van der Waals surface area (Å²) in [5.74, 6) is 1.54. The second-order valence-corrected chi connectivity index (χ2v) is 6.37. The molecular formula is C22H15ClN2O3. The Morgan fingerprint density at radius 1 is 0.821 bits per heavy atom. The van der Waals surface area contributed by atoms with E-state index in [1.807, 2.05) is 48.5 Å². The molecule has 0 saturated heterocycles. The molecule has 4 aromatic rings. The summed E-state index contributed by atoms with van der Waals surface area (Å²) in [5, 5.41) is 4.56. The summed E-state index contributed by atoms with van der Waals surface area (Å²) in [7, 11) is 0. The lowest BCUT2D eigenvalue weighted by molar-refractivity contribution is 0.0928. The van der Waals surface area contributed by atoms with E-state index < -0.39 is 5.91 Å². The first-order valence-corrected chi connectivity index (χ1v) is 8.91. The fraction of sp³-hybridized carbons (Fsp3) is 0. The van der Waals surface area contributed by atoms with E-state index in [1.54, 1.807) is 30.3 Å². The van der Waals surface area contributed by atoms with Gasteiger partial charge < -0.3 is 8.83 Å². The lowest BCUT2D eigenvalue weighted by Gasteiger charge is -1.98. The van der Waals surface area contributed by atoms with Crippen LogP contribution in [0.3, 0.4) is 0 Å². The molecule has 5 nitrogen and oxygen atoms in total. The van der Waals surface area contributed by atoms with Crippen LogP contribution in [0.4, 0.5) is 0 Å². The third-order valence-corrected chi connectivity index (χ3v) is 4.25. The summed E-state index contributed by atoms with van der Waals surface area (Å²) in [4.78, 5) is 12.2. The van der Waals surface area contributed by atoms with Crippen LogP contribution in [0.2, 0.25) is 5.02 Å². The second-order valence-electron chi connectivity index (χ2n) is 5.94. The highest BCUT2D eigenvalue weighted by Gasteiger charge is 2.11. The van der Waals surface area contributed by atoms with Gasteiger partial charge in [-0.3, -0.25) is 4.79 Å². The molecule has 2 aromatic carbocycles. The van der Waals surface area contributed by atoms with E-state index in [4.69, 9.17) is 20.4 Å². The average Bonchev–Trinajstić information content (AvgIpc) is 3.39. The lowest BCUT2D eigenvalue weighted by Crippen LogP contribution is -2.16. The normalized spacial score (nSPS) is 11.0. The number of hydrogen-bond acceptors (Lipinski definition) is 4. The Morgan fingerprint density at radius 2 is 1.50 bits per heavy atom. The van der Waals surface area contributed by atoms with Crippen LogP contribution in [-0.4, -0.2) is 12.1 Å². The predicted molar refractivity (Wildman–Crippen MR) is 108 cm³/mol. The van der Waals surface area contributed by atoms with E-state index in [0.29, 0.717) is 16.5 Å². The van der Waals surface area contributed by atoms with Gasteiger partial charge in [0.25, 0.3) is 0 Å². The van der Waals surface area contributed by atoms with Crippen molar-refractivity contribution >= 4 is 23.7 Å². The zero-order chi connectivity index (χ0) is 19.3. The molecule has 28 heavy (non-hydrogen) atoms.